The monoisotopic (exact) mass is 262 g/mol. The highest BCUT2D eigenvalue weighted by Crippen LogP contribution is 2.13. The summed E-state index contributed by atoms with van der Waals surface area (Å²) >= 11 is 0. The van der Waals surface area contributed by atoms with Gasteiger partial charge in [-0.3, -0.25) is 0 Å². The molecule has 0 fully saturated rings. The summed E-state index contributed by atoms with van der Waals surface area (Å²) in [4.78, 5) is 10.9. The molecule has 19 heavy (non-hydrogen) atoms. The number of rotatable bonds is 6. The predicted molar refractivity (Wildman–Crippen MR) is 73.8 cm³/mol. The molecule has 1 aromatic carbocycles. The zero-order valence-electron chi connectivity index (χ0n) is 11.1. The minimum atomic E-state index is -0.384. The maximum atomic E-state index is 10.9. The minimum absolute atomic E-state index is 0.0423. The standard InChI is InChI=1S/C15H18O4/c1-12(11-16)9-10-19-14-6-3-13(4-7-14)5-8-15(17)18-2/h3-9,16H,10-11H2,1-2H3. The van der Waals surface area contributed by atoms with Gasteiger partial charge in [-0.1, -0.05) is 12.1 Å². The van der Waals surface area contributed by atoms with E-state index >= 15 is 0 Å². The summed E-state index contributed by atoms with van der Waals surface area (Å²) in [5.41, 5.74) is 1.76. The quantitative estimate of drug-likeness (QED) is 0.485. The van der Waals surface area contributed by atoms with Crippen molar-refractivity contribution in [1.82, 2.24) is 0 Å². The first kappa shape index (κ1) is 15.0. The van der Waals surface area contributed by atoms with Crippen LogP contribution in [0.3, 0.4) is 0 Å². The summed E-state index contributed by atoms with van der Waals surface area (Å²) < 4.78 is 9.98. The fraction of sp³-hybridized carbons (Fsp3) is 0.267. The van der Waals surface area contributed by atoms with E-state index in [2.05, 4.69) is 4.74 Å². The number of carbonyl (C=O) groups is 1. The van der Waals surface area contributed by atoms with Gasteiger partial charge in [0.15, 0.2) is 0 Å². The van der Waals surface area contributed by atoms with Crippen molar-refractivity contribution in [2.45, 2.75) is 6.92 Å². The van der Waals surface area contributed by atoms with Gasteiger partial charge in [-0.15, -0.1) is 0 Å². The van der Waals surface area contributed by atoms with E-state index in [9.17, 15) is 4.79 Å². The minimum Gasteiger partial charge on any atom is -0.490 e. The lowest BCUT2D eigenvalue weighted by molar-refractivity contribution is -0.134. The highest BCUT2D eigenvalue weighted by Gasteiger charge is 1.95. The summed E-state index contributed by atoms with van der Waals surface area (Å²) in [5.74, 6) is 0.349. The Labute approximate surface area is 113 Å². The van der Waals surface area contributed by atoms with E-state index in [1.54, 1.807) is 6.08 Å². The zero-order chi connectivity index (χ0) is 14.1. The fourth-order valence-electron chi connectivity index (χ4n) is 1.25. The molecule has 0 unspecified atom stereocenters. The molecule has 0 aliphatic carbocycles. The lowest BCUT2D eigenvalue weighted by Crippen LogP contribution is -1.96. The smallest absolute Gasteiger partial charge is 0.330 e. The average molecular weight is 262 g/mol. The number of carbonyl (C=O) groups excluding carboxylic acids is 1. The number of aliphatic hydroxyl groups excluding tert-OH is 1. The average Bonchev–Trinajstić information content (AvgIpc) is 2.45. The zero-order valence-corrected chi connectivity index (χ0v) is 11.1. The highest BCUT2D eigenvalue weighted by atomic mass is 16.5. The molecule has 0 radical (unpaired) electrons. The van der Waals surface area contributed by atoms with E-state index in [1.807, 2.05) is 37.3 Å². The fourth-order valence-corrected chi connectivity index (χ4v) is 1.25. The van der Waals surface area contributed by atoms with Gasteiger partial charge in [0.05, 0.1) is 13.7 Å². The first-order valence-corrected chi connectivity index (χ1v) is 5.91. The van der Waals surface area contributed by atoms with Crippen LogP contribution in [0.4, 0.5) is 0 Å². The molecule has 0 amide bonds. The molecule has 1 rings (SSSR count). The van der Waals surface area contributed by atoms with Gasteiger partial charge in [0.25, 0.3) is 0 Å². The number of aliphatic hydroxyl groups is 1. The molecule has 0 spiro atoms. The number of esters is 1. The van der Waals surface area contributed by atoms with Gasteiger partial charge < -0.3 is 14.6 Å². The van der Waals surface area contributed by atoms with Gasteiger partial charge in [-0.2, -0.15) is 0 Å². The van der Waals surface area contributed by atoms with Crippen molar-refractivity contribution in [2.24, 2.45) is 0 Å². The van der Waals surface area contributed by atoms with Crippen LogP contribution in [0.5, 0.6) is 5.75 Å². The number of hydrogen-bond donors (Lipinski definition) is 1. The molecular formula is C15H18O4. The van der Waals surface area contributed by atoms with E-state index in [0.29, 0.717) is 6.61 Å². The Morgan fingerprint density at radius 2 is 2.00 bits per heavy atom. The summed E-state index contributed by atoms with van der Waals surface area (Å²) in [6, 6.07) is 7.33. The second kappa shape index (κ2) is 8.11. The summed E-state index contributed by atoms with van der Waals surface area (Å²) in [6.45, 7) is 2.30. The summed E-state index contributed by atoms with van der Waals surface area (Å²) in [5, 5.41) is 8.82. The van der Waals surface area contributed by atoms with Crippen LogP contribution in [0.2, 0.25) is 0 Å². The van der Waals surface area contributed by atoms with Gasteiger partial charge in [-0.25, -0.2) is 4.79 Å². The van der Waals surface area contributed by atoms with Crippen LogP contribution in [0, 0.1) is 0 Å². The van der Waals surface area contributed by atoms with Crippen LogP contribution >= 0.6 is 0 Å². The Morgan fingerprint density at radius 3 is 2.58 bits per heavy atom. The molecule has 0 aliphatic rings. The molecule has 0 heterocycles. The Kier molecular flexibility index (Phi) is 6.39. The second-order valence-electron chi connectivity index (χ2n) is 3.95. The maximum Gasteiger partial charge on any atom is 0.330 e. The van der Waals surface area contributed by atoms with Crippen molar-refractivity contribution >= 4 is 12.0 Å². The van der Waals surface area contributed by atoms with Gasteiger partial charge in [-0.05, 0) is 42.3 Å². The van der Waals surface area contributed by atoms with Gasteiger partial charge in [0.2, 0.25) is 0 Å². The summed E-state index contributed by atoms with van der Waals surface area (Å²) in [6.07, 6.45) is 4.86. The number of ether oxygens (including phenoxy) is 2. The molecule has 0 aliphatic heterocycles. The molecule has 0 bridgehead atoms. The third-order valence-electron chi connectivity index (χ3n) is 2.42. The first-order chi connectivity index (χ1) is 9.15. The van der Waals surface area contributed by atoms with Crippen molar-refractivity contribution in [2.75, 3.05) is 20.3 Å². The Morgan fingerprint density at radius 1 is 1.32 bits per heavy atom. The normalized spacial score (nSPS) is 11.6. The van der Waals surface area contributed by atoms with Crippen LogP contribution in [0.25, 0.3) is 6.08 Å². The van der Waals surface area contributed by atoms with E-state index < -0.39 is 0 Å². The lowest BCUT2D eigenvalue weighted by Gasteiger charge is -2.04. The molecule has 0 atom stereocenters. The highest BCUT2D eigenvalue weighted by molar-refractivity contribution is 5.86. The van der Waals surface area contributed by atoms with Gasteiger partial charge in [0, 0.05) is 6.08 Å². The third-order valence-corrected chi connectivity index (χ3v) is 2.42. The Hall–Kier alpha value is -2.07. The predicted octanol–water partition coefficient (Wildman–Crippen LogP) is 2.19. The van der Waals surface area contributed by atoms with Gasteiger partial charge >= 0.3 is 5.97 Å². The number of benzene rings is 1. The van der Waals surface area contributed by atoms with Crippen molar-refractivity contribution in [1.29, 1.82) is 0 Å². The summed E-state index contributed by atoms with van der Waals surface area (Å²) in [7, 11) is 1.34. The van der Waals surface area contributed by atoms with E-state index in [1.165, 1.54) is 13.2 Å². The van der Waals surface area contributed by atoms with E-state index in [0.717, 1.165) is 16.9 Å². The van der Waals surface area contributed by atoms with E-state index in [-0.39, 0.29) is 12.6 Å². The molecule has 0 saturated heterocycles. The molecule has 0 saturated carbocycles. The molecule has 0 aromatic heterocycles. The van der Waals surface area contributed by atoms with Crippen LogP contribution in [-0.4, -0.2) is 31.4 Å². The lowest BCUT2D eigenvalue weighted by atomic mass is 10.2. The molecule has 4 nitrogen and oxygen atoms in total. The van der Waals surface area contributed by atoms with Gasteiger partial charge in [0.1, 0.15) is 12.4 Å². The molecule has 1 N–H and O–H groups in total. The van der Waals surface area contributed by atoms with Crippen LogP contribution in [0.1, 0.15) is 12.5 Å². The number of methoxy groups -OCH3 is 1. The SMILES string of the molecule is COC(=O)C=Cc1ccc(OCC=C(C)CO)cc1. The molecule has 4 heteroatoms. The topological polar surface area (TPSA) is 55.8 Å². The van der Waals surface area contributed by atoms with Crippen molar-refractivity contribution in [3.05, 3.63) is 47.6 Å². The van der Waals surface area contributed by atoms with Crippen LogP contribution in [-0.2, 0) is 9.53 Å². The first-order valence-electron chi connectivity index (χ1n) is 5.91. The second-order valence-corrected chi connectivity index (χ2v) is 3.95. The third kappa shape index (κ3) is 5.88. The Bertz CT molecular complexity index is 458. The van der Waals surface area contributed by atoms with Crippen molar-refractivity contribution in [3.63, 3.8) is 0 Å². The molecular weight excluding hydrogens is 244 g/mol. The van der Waals surface area contributed by atoms with E-state index in [4.69, 9.17) is 9.84 Å². The molecule has 1 aromatic rings. The largest absolute Gasteiger partial charge is 0.490 e. The maximum absolute atomic E-state index is 10.9. The van der Waals surface area contributed by atoms with Crippen molar-refractivity contribution < 1.29 is 19.4 Å². The molecule has 102 valence electrons. The Balaban J connectivity index is 2.52. The number of hydrogen-bond acceptors (Lipinski definition) is 4. The van der Waals surface area contributed by atoms with Crippen LogP contribution < -0.4 is 4.74 Å². The van der Waals surface area contributed by atoms with Crippen LogP contribution in [0.15, 0.2) is 42.0 Å². The van der Waals surface area contributed by atoms with Crippen molar-refractivity contribution in [3.8, 4) is 5.75 Å².